The Balaban J connectivity index is 3.17. The second kappa shape index (κ2) is 6.25. The largest absolute Gasteiger partial charge is 0.443 e. The van der Waals surface area contributed by atoms with Gasteiger partial charge in [0, 0.05) is 16.7 Å². The van der Waals surface area contributed by atoms with Gasteiger partial charge in [0.1, 0.15) is 5.60 Å². The molecule has 0 aliphatic heterocycles. The van der Waals surface area contributed by atoms with Crippen molar-refractivity contribution in [3.8, 4) is 0 Å². The van der Waals surface area contributed by atoms with Crippen LogP contribution in [0.3, 0.4) is 0 Å². The van der Waals surface area contributed by atoms with Crippen molar-refractivity contribution in [2.45, 2.75) is 39.5 Å². The fourth-order valence-corrected chi connectivity index (χ4v) is 2.11. The first-order chi connectivity index (χ1) is 9.44. The molecule has 1 rings (SSSR count). The molecule has 0 aromatic heterocycles. The van der Waals surface area contributed by atoms with Crippen LogP contribution >= 0.6 is 15.9 Å². The van der Waals surface area contributed by atoms with Crippen molar-refractivity contribution in [3.05, 3.63) is 28.2 Å². The zero-order valence-corrected chi connectivity index (χ0v) is 13.8. The number of amides is 1. The van der Waals surface area contributed by atoms with Crippen LogP contribution in [0, 0.1) is 0 Å². The molecule has 0 N–H and O–H groups in total. The van der Waals surface area contributed by atoms with Gasteiger partial charge in [-0.05, 0) is 45.9 Å². The number of hydrogen-bond acceptors (Lipinski definition) is 2. The summed E-state index contributed by atoms with van der Waals surface area (Å²) in [4.78, 5) is 13.2. The number of hydrogen-bond donors (Lipinski definition) is 0. The Labute approximate surface area is 130 Å². The average molecular weight is 368 g/mol. The molecule has 118 valence electrons. The van der Waals surface area contributed by atoms with Gasteiger partial charge in [-0.2, -0.15) is 13.2 Å². The van der Waals surface area contributed by atoms with E-state index in [2.05, 4.69) is 15.9 Å². The highest BCUT2D eigenvalue weighted by Gasteiger charge is 2.32. The van der Waals surface area contributed by atoms with Gasteiger partial charge in [-0.3, -0.25) is 4.90 Å². The molecule has 0 aliphatic carbocycles. The standard InChI is InChI=1S/C14H17BrF3NO2/c1-5-19(12(20)21-13(2,3)4)11-7-9(14(16,17)18)6-10(15)8-11/h6-8H,5H2,1-4H3. The Morgan fingerprint density at radius 2 is 1.81 bits per heavy atom. The Kier molecular flexibility index (Phi) is 5.30. The third-order valence-corrected chi connectivity index (χ3v) is 2.91. The first kappa shape index (κ1) is 17.8. The summed E-state index contributed by atoms with van der Waals surface area (Å²) < 4.78 is 43.9. The van der Waals surface area contributed by atoms with Gasteiger partial charge >= 0.3 is 12.3 Å². The number of benzene rings is 1. The average Bonchev–Trinajstić information content (AvgIpc) is 2.25. The van der Waals surface area contributed by atoms with E-state index >= 15 is 0 Å². The van der Waals surface area contributed by atoms with Crippen LogP contribution in [0.25, 0.3) is 0 Å². The third kappa shape index (κ3) is 5.22. The summed E-state index contributed by atoms with van der Waals surface area (Å²) in [6.07, 6.45) is -5.16. The van der Waals surface area contributed by atoms with Gasteiger partial charge in [0.05, 0.1) is 5.56 Å². The van der Waals surface area contributed by atoms with Crippen molar-refractivity contribution in [2.24, 2.45) is 0 Å². The number of alkyl halides is 3. The van der Waals surface area contributed by atoms with Crippen molar-refractivity contribution in [1.82, 2.24) is 0 Å². The van der Waals surface area contributed by atoms with Crippen molar-refractivity contribution < 1.29 is 22.7 Å². The minimum Gasteiger partial charge on any atom is -0.443 e. The van der Waals surface area contributed by atoms with Gasteiger partial charge < -0.3 is 4.74 Å². The Bertz CT molecular complexity index is 524. The zero-order valence-electron chi connectivity index (χ0n) is 12.2. The summed E-state index contributed by atoms with van der Waals surface area (Å²) >= 11 is 3.03. The number of carbonyl (C=O) groups excluding carboxylic acids is 1. The number of nitrogens with zero attached hydrogens (tertiary/aromatic N) is 1. The zero-order chi connectivity index (χ0) is 16.4. The van der Waals surface area contributed by atoms with Gasteiger partial charge in [0.25, 0.3) is 0 Å². The van der Waals surface area contributed by atoms with Crippen LogP contribution in [0.4, 0.5) is 23.7 Å². The molecular weight excluding hydrogens is 351 g/mol. The van der Waals surface area contributed by atoms with E-state index in [-0.39, 0.29) is 16.7 Å². The maximum Gasteiger partial charge on any atom is 0.416 e. The minimum absolute atomic E-state index is 0.133. The van der Waals surface area contributed by atoms with Gasteiger partial charge in [-0.25, -0.2) is 4.79 Å². The normalized spacial score (nSPS) is 12.2. The highest BCUT2D eigenvalue weighted by atomic mass is 79.9. The second-order valence-electron chi connectivity index (χ2n) is 5.42. The predicted octanol–water partition coefficient (Wildman–Crippen LogP) is 5.23. The summed E-state index contributed by atoms with van der Waals surface area (Å²) in [7, 11) is 0. The van der Waals surface area contributed by atoms with Crippen molar-refractivity contribution in [1.29, 1.82) is 0 Å². The summed E-state index contributed by atoms with van der Waals surface area (Å²) in [6.45, 7) is 6.95. The van der Waals surface area contributed by atoms with Gasteiger partial charge in [0.2, 0.25) is 0 Å². The van der Waals surface area contributed by atoms with Crippen LogP contribution in [0.15, 0.2) is 22.7 Å². The predicted molar refractivity (Wildman–Crippen MR) is 78.4 cm³/mol. The molecule has 0 atom stereocenters. The fraction of sp³-hybridized carbons (Fsp3) is 0.500. The summed E-state index contributed by atoms with van der Waals surface area (Å²) in [5.41, 5.74) is -1.41. The monoisotopic (exact) mass is 367 g/mol. The van der Waals surface area contributed by atoms with E-state index in [9.17, 15) is 18.0 Å². The number of anilines is 1. The molecule has 0 spiro atoms. The maximum atomic E-state index is 12.8. The summed E-state index contributed by atoms with van der Waals surface area (Å²) in [5, 5.41) is 0. The van der Waals surface area contributed by atoms with Crippen LogP contribution in [0.1, 0.15) is 33.3 Å². The van der Waals surface area contributed by atoms with Crippen molar-refractivity contribution >= 4 is 27.7 Å². The molecule has 0 heterocycles. The number of halogens is 4. The molecular formula is C14H17BrF3NO2. The molecule has 21 heavy (non-hydrogen) atoms. The van der Waals surface area contributed by atoms with Crippen LogP contribution in [0.2, 0.25) is 0 Å². The molecule has 3 nitrogen and oxygen atoms in total. The number of rotatable bonds is 2. The van der Waals surface area contributed by atoms with Crippen LogP contribution < -0.4 is 4.90 Å². The van der Waals surface area contributed by atoms with Gasteiger partial charge in [-0.1, -0.05) is 15.9 Å². The first-order valence-corrected chi connectivity index (χ1v) is 7.11. The highest BCUT2D eigenvalue weighted by Crippen LogP contribution is 2.34. The topological polar surface area (TPSA) is 29.5 Å². The maximum absolute atomic E-state index is 12.8. The van der Waals surface area contributed by atoms with Crippen LogP contribution in [-0.4, -0.2) is 18.2 Å². The van der Waals surface area contributed by atoms with Gasteiger partial charge in [0.15, 0.2) is 0 Å². The minimum atomic E-state index is -4.48. The molecule has 1 aromatic rings. The molecule has 7 heteroatoms. The van der Waals surface area contributed by atoms with Gasteiger partial charge in [-0.15, -0.1) is 0 Å². The summed E-state index contributed by atoms with van der Waals surface area (Å²) in [6, 6.07) is 3.34. The molecule has 0 unspecified atom stereocenters. The van der Waals surface area contributed by atoms with E-state index in [4.69, 9.17) is 4.74 Å². The Morgan fingerprint density at radius 3 is 2.24 bits per heavy atom. The molecule has 1 amide bonds. The molecule has 0 fully saturated rings. The lowest BCUT2D eigenvalue weighted by atomic mass is 10.2. The van der Waals surface area contributed by atoms with Crippen molar-refractivity contribution in [3.63, 3.8) is 0 Å². The highest BCUT2D eigenvalue weighted by molar-refractivity contribution is 9.10. The quantitative estimate of drug-likeness (QED) is 0.716. The molecule has 1 aromatic carbocycles. The van der Waals surface area contributed by atoms with E-state index in [1.807, 2.05) is 0 Å². The van der Waals surface area contributed by atoms with Crippen LogP contribution in [0.5, 0.6) is 0 Å². The molecule has 0 aliphatic rings. The van der Waals surface area contributed by atoms with E-state index < -0.39 is 23.4 Å². The lowest BCUT2D eigenvalue weighted by molar-refractivity contribution is -0.137. The second-order valence-corrected chi connectivity index (χ2v) is 6.34. The van der Waals surface area contributed by atoms with Crippen LogP contribution in [-0.2, 0) is 10.9 Å². The Hall–Kier alpha value is -1.24. The molecule has 0 saturated heterocycles. The van der Waals surface area contributed by atoms with E-state index in [1.165, 1.54) is 6.07 Å². The molecule has 0 radical (unpaired) electrons. The SMILES string of the molecule is CCN(C(=O)OC(C)(C)C)c1cc(Br)cc(C(F)(F)F)c1. The fourth-order valence-electron chi connectivity index (χ4n) is 1.63. The smallest absolute Gasteiger partial charge is 0.416 e. The summed E-state index contributed by atoms with van der Waals surface area (Å²) in [5.74, 6) is 0. The van der Waals surface area contributed by atoms with Crippen molar-refractivity contribution in [2.75, 3.05) is 11.4 Å². The van der Waals surface area contributed by atoms with E-state index in [1.54, 1.807) is 27.7 Å². The number of ether oxygens (including phenoxy) is 1. The number of carbonyl (C=O) groups is 1. The molecule has 0 saturated carbocycles. The molecule has 0 bridgehead atoms. The van der Waals surface area contributed by atoms with E-state index in [0.29, 0.717) is 0 Å². The van der Waals surface area contributed by atoms with E-state index in [0.717, 1.165) is 17.0 Å². The Morgan fingerprint density at radius 1 is 1.24 bits per heavy atom. The lowest BCUT2D eigenvalue weighted by Gasteiger charge is -2.27. The third-order valence-electron chi connectivity index (χ3n) is 2.45. The first-order valence-electron chi connectivity index (χ1n) is 6.32. The lowest BCUT2D eigenvalue weighted by Crippen LogP contribution is -2.36.